The van der Waals surface area contributed by atoms with Crippen molar-refractivity contribution in [1.29, 1.82) is 0 Å². The summed E-state index contributed by atoms with van der Waals surface area (Å²) < 4.78 is 11.7. The molecule has 2 saturated heterocycles. The van der Waals surface area contributed by atoms with E-state index in [2.05, 4.69) is 60.2 Å². The summed E-state index contributed by atoms with van der Waals surface area (Å²) in [5.74, 6) is 1.22. The lowest BCUT2D eigenvalue weighted by molar-refractivity contribution is -0.169. The van der Waals surface area contributed by atoms with Crippen molar-refractivity contribution in [2.45, 2.75) is 51.7 Å². The van der Waals surface area contributed by atoms with Crippen LogP contribution >= 0.6 is 0 Å². The average molecular weight is 383 g/mol. The molecule has 1 aromatic carbocycles. The zero-order valence-corrected chi connectivity index (χ0v) is 17.3. The monoisotopic (exact) mass is 382 g/mol. The zero-order valence-electron chi connectivity index (χ0n) is 17.3. The molecule has 1 spiro atoms. The maximum absolute atomic E-state index is 5.83. The normalized spacial score (nSPS) is 19.2. The number of ether oxygens (including phenoxy) is 2. The second kappa shape index (κ2) is 7.33. The van der Waals surface area contributed by atoms with Gasteiger partial charge in [0.25, 0.3) is 0 Å². The molecule has 0 amide bonds. The highest BCUT2D eigenvalue weighted by molar-refractivity contribution is 5.56. The first-order valence-electron chi connectivity index (χ1n) is 10.1. The number of rotatable bonds is 3. The summed E-state index contributed by atoms with van der Waals surface area (Å²) >= 11 is 0. The molecule has 0 radical (unpaired) electrons. The minimum Gasteiger partial charge on any atom is -0.356 e. The Morgan fingerprint density at radius 3 is 2.25 bits per heavy atom. The number of nitrogens with zero attached hydrogens (tertiary/aromatic N) is 3. The summed E-state index contributed by atoms with van der Waals surface area (Å²) in [5.41, 5.74) is 3.40. The third-order valence-corrected chi connectivity index (χ3v) is 5.51. The third kappa shape index (κ3) is 4.13. The first-order chi connectivity index (χ1) is 13.3. The maximum atomic E-state index is 5.83. The van der Waals surface area contributed by atoms with Gasteiger partial charge >= 0.3 is 0 Å². The van der Waals surface area contributed by atoms with Crippen molar-refractivity contribution in [2.24, 2.45) is 0 Å². The fourth-order valence-corrected chi connectivity index (χ4v) is 3.81. The van der Waals surface area contributed by atoms with Crippen molar-refractivity contribution in [3.63, 3.8) is 0 Å². The molecule has 0 unspecified atom stereocenters. The van der Waals surface area contributed by atoms with Crippen LogP contribution in [-0.2, 0) is 14.9 Å². The van der Waals surface area contributed by atoms with E-state index < -0.39 is 0 Å². The van der Waals surface area contributed by atoms with Crippen molar-refractivity contribution in [3.05, 3.63) is 41.6 Å². The first kappa shape index (κ1) is 19.2. The number of benzene rings is 1. The van der Waals surface area contributed by atoms with Crippen LogP contribution in [0, 0.1) is 6.92 Å². The van der Waals surface area contributed by atoms with Gasteiger partial charge in [0, 0.05) is 43.4 Å². The van der Waals surface area contributed by atoms with Gasteiger partial charge in [-0.05, 0) is 30.0 Å². The van der Waals surface area contributed by atoms with E-state index in [9.17, 15) is 0 Å². The van der Waals surface area contributed by atoms with Crippen molar-refractivity contribution in [2.75, 3.05) is 36.5 Å². The Labute approximate surface area is 167 Å². The highest BCUT2D eigenvalue weighted by Crippen LogP contribution is 2.33. The standard InChI is InChI=1S/C22H30N4O2/c1-16-15-19(26-11-9-22(10-12-26)27-13-14-28-22)25-20(23-16)24-18-7-5-17(6-8-18)21(2,3)4/h5-8,15H,9-14H2,1-4H3,(H,23,24,25). The van der Waals surface area contributed by atoms with Gasteiger partial charge in [0.1, 0.15) is 5.82 Å². The van der Waals surface area contributed by atoms with Crippen LogP contribution in [0.2, 0.25) is 0 Å². The van der Waals surface area contributed by atoms with Crippen LogP contribution in [-0.4, -0.2) is 42.1 Å². The Hall–Kier alpha value is -2.18. The predicted octanol–water partition coefficient (Wildman–Crippen LogP) is 4.17. The molecule has 2 aliphatic rings. The van der Waals surface area contributed by atoms with Gasteiger partial charge in [-0.15, -0.1) is 0 Å². The fourth-order valence-electron chi connectivity index (χ4n) is 3.81. The fraction of sp³-hybridized carbons (Fsp3) is 0.545. The number of nitrogens with one attached hydrogen (secondary N) is 1. The van der Waals surface area contributed by atoms with Gasteiger partial charge in [-0.3, -0.25) is 0 Å². The maximum Gasteiger partial charge on any atom is 0.229 e. The molecule has 2 aromatic rings. The second-order valence-electron chi connectivity index (χ2n) is 8.74. The number of aryl methyl sites for hydroxylation is 1. The Morgan fingerprint density at radius 2 is 1.64 bits per heavy atom. The summed E-state index contributed by atoms with van der Waals surface area (Å²) in [6.07, 6.45) is 1.74. The minimum atomic E-state index is -0.367. The molecule has 0 aliphatic carbocycles. The van der Waals surface area contributed by atoms with E-state index in [1.807, 2.05) is 13.0 Å². The van der Waals surface area contributed by atoms with E-state index in [1.54, 1.807) is 0 Å². The number of aromatic nitrogens is 2. The Kier molecular flexibility index (Phi) is 5.02. The van der Waals surface area contributed by atoms with Crippen molar-refractivity contribution in [1.82, 2.24) is 9.97 Å². The van der Waals surface area contributed by atoms with E-state index in [1.165, 1.54) is 5.56 Å². The molecule has 3 heterocycles. The highest BCUT2D eigenvalue weighted by atomic mass is 16.7. The molecule has 6 nitrogen and oxygen atoms in total. The molecule has 6 heteroatoms. The Balaban J connectivity index is 1.47. The molecule has 1 aromatic heterocycles. The largest absolute Gasteiger partial charge is 0.356 e. The first-order valence-corrected chi connectivity index (χ1v) is 10.1. The van der Waals surface area contributed by atoms with Crippen LogP contribution in [0.1, 0.15) is 44.9 Å². The van der Waals surface area contributed by atoms with E-state index in [-0.39, 0.29) is 11.2 Å². The van der Waals surface area contributed by atoms with Gasteiger partial charge in [0.05, 0.1) is 13.2 Å². The highest BCUT2D eigenvalue weighted by Gasteiger charge is 2.40. The van der Waals surface area contributed by atoms with Gasteiger partial charge in [0.2, 0.25) is 5.95 Å². The van der Waals surface area contributed by atoms with Crippen molar-refractivity contribution in [3.8, 4) is 0 Å². The summed E-state index contributed by atoms with van der Waals surface area (Å²) in [6, 6.07) is 10.5. The molecule has 1 N–H and O–H groups in total. The van der Waals surface area contributed by atoms with Crippen LogP contribution in [0.25, 0.3) is 0 Å². The van der Waals surface area contributed by atoms with Crippen LogP contribution in [0.4, 0.5) is 17.5 Å². The van der Waals surface area contributed by atoms with Gasteiger partial charge in [-0.1, -0.05) is 32.9 Å². The Morgan fingerprint density at radius 1 is 1.00 bits per heavy atom. The number of piperidine rings is 1. The van der Waals surface area contributed by atoms with E-state index in [0.29, 0.717) is 19.2 Å². The van der Waals surface area contributed by atoms with Gasteiger partial charge in [-0.2, -0.15) is 4.98 Å². The van der Waals surface area contributed by atoms with Crippen molar-refractivity contribution < 1.29 is 9.47 Å². The minimum absolute atomic E-state index is 0.143. The van der Waals surface area contributed by atoms with Gasteiger partial charge < -0.3 is 19.7 Å². The lowest BCUT2D eigenvalue weighted by Crippen LogP contribution is -2.45. The lowest BCUT2D eigenvalue weighted by atomic mass is 9.87. The number of hydrogen-bond acceptors (Lipinski definition) is 6. The SMILES string of the molecule is Cc1cc(N2CCC3(CC2)OCCO3)nc(Nc2ccc(C(C)(C)C)cc2)n1. The Bertz CT molecular complexity index is 813. The smallest absolute Gasteiger partial charge is 0.229 e. The second-order valence-corrected chi connectivity index (χ2v) is 8.74. The van der Waals surface area contributed by atoms with E-state index in [0.717, 1.165) is 43.1 Å². The van der Waals surface area contributed by atoms with E-state index in [4.69, 9.17) is 14.5 Å². The third-order valence-electron chi connectivity index (χ3n) is 5.51. The molecule has 150 valence electrons. The van der Waals surface area contributed by atoms with Gasteiger partial charge in [-0.25, -0.2) is 4.98 Å². The molecule has 2 fully saturated rings. The summed E-state index contributed by atoms with van der Waals surface area (Å²) in [6.45, 7) is 11.8. The molecular formula is C22H30N4O2. The zero-order chi connectivity index (χ0) is 19.8. The summed E-state index contributed by atoms with van der Waals surface area (Å²) in [4.78, 5) is 11.6. The van der Waals surface area contributed by atoms with Gasteiger partial charge in [0.15, 0.2) is 5.79 Å². The molecule has 28 heavy (non-hydrogen) atoms. The molecular weight excluding hydrogens is 352 g/mol. The lowest BCUT2D eigenvalue weighted by Gasteiger charge is -2.38. The quantitative estimate of drug-likeness (QED) is 0.860. The predicted molar refractivity (Wildman–Crippen MR) is 111 cm³/mol. The molecule has 0 atom stereocenters. The number of hydrogen-bond donors (Lipinski definition) is 1. The molecule has 2 aliphatic heterocycles. The molecule has 4 rings (SSSR count). The van der Waals surface area contributed by atoms with Crippen molar-refractivity contribution >= 4 is 17.5 Å². The van der Waals surface area contributed by atoms with Crippen LogP contribution in [0.5, 0.6) is 0 Å². The molecule has 0 bridgehead atoms. The summed E-state index contributed by atoms with van der Waals surface area (Å²) in [5, 5.41) is 3.35. The van der Waals surface area contributed by atoms with Crippen LogP contribution < -0.4 is 10.2 Å². The molecule has 0 saturated carbocycles. The number of anilines is 3. The van der Waals surface area contributed by atoms with Crippen LogP contribution in [0.3, 0.4) is 0 Å². The van der Waals surface area contributed by atoms with E-state index >= 15 is 0 Å². The summed E-state index contributed by atoms with van der Waals surface area (Å²) in [7, 11) is 0. The average Bonchev–Trinajstić information content (AvgIpc) is 3.09. The topological polar surface area (TPSA) is 59.5 Å². The van der Waals surface area contributed by atoms with Crippen LogP contribution in [0.15, 0.2) is 30.3 Å².